The molecule has 26 heavy (non-hydrogen) atoms. The number of aromatic nitrogens is 2. The van der Waals surface area contributed by atoms with Gasteiger partial charge in [0.2, 0.25) is 0 Å². The molecular formula is C20H20ClN3O2. The van der Waals surface area contributed by atoms with E-state index in [0.29, 0.717) is 23.7 Å². The van der Waals surface area contributed by atoms with Crippen LogP contribution in [-0.2, 0) is 13.2 Å². The van der Waals surface area contributed by atoms with Crippen LogP contribution in [0.4, 0.5) is 0 Å². The molecule has 0 aliphatic rings. The molecule has 1 heterocycles. The van der Waals surface area contributed by atoms with Crippen LogP contribution in [0.1, 0.15) is 22.3 Å². The van der Waals surface area contributed by atoms with Gasteiger partial charge in [-0.05, 0) is 54.4 Å². The van der Waals surface area contributed by atoms with Crippen molar-refractivity contribution in [2.45, 2.75) is 19.6 Å². The lowest BCUT2D eigenvalue weighted by Gasteiger charge is -2.09. The maximum Gasteiger partial charge on any atom is 0.251 e. The highest BCUT2D eigenvalue weighted by atomic mass is 35.5. The van der Waals surface area contributed by atoms with Crippen molar-refractivity contribution >= 4 is 17.5 Å². The molecule has 0 spiro atoms. The highest BCUT2D eigenvalue weighted by Crippen LogP contribution is 2.17. The molecule has 5 nitrogen and oxygen atoms in total. The van der Waals surface area contributed by atoms with Gasteiger partial charge in [-0.1, -0.05) is 23.7 Å². The Balaban J connectivity index is 1.47. The van der Waals surface area contributed by atoms with Gasteiger partial charge in [-0.3, -0.25) is 9.48 Å². The van der Waals surface area contributed by atoms with Crippen molar-refractivity contribution in [1.29, 1.82) is 0 Å². The fourth-order valence-electron chi connectivity index (χ4n) is 2.48. The average Bonchev–Trinajstić information content (AvgIpc) is 3.18. The zero-order valence-electron chi connectivity index (χ0n) is 14.3. The summed E-state index contributed by atoms with van der Waals surface area (Å²) in [5.74, 6) is 0.654. The Morgan fingerprint density at radius 1 is 1.15 bits per heavy atom. The SMILES string of the molecule is O=C(NCCCn1cccn1)c1cccc(COc2ccc(Cl)cc2)c1. The van der Waals surface area contributed by atoms with E-state index >= 15 is 0 Å². The molecule has 6 heteroatoms. The minimum atomic E-state index is -0.0844. The fourth-order valence-corrected chi connectivity index (χ4v) is 2.60. The summed E-state index contributed by atoms with van der Waals surface area (Å²) in [5, 5.41) is 7.74. The van der Waals surface area contributed by atoms with E-state index in [-0.39, 0.29) is 5.91 Å². The van der Waals surface area contributed by atoms with E-state index in [2.05, 4.69) is 10.4 Å². The van der Waals surface area contributed by atoms with Crippen LogP contribution < -0.4 is 10.1 Å². The summed E-state index contributed by atoms with van der Waals surface area (Å²) >= 11 is 5.86. The number of aryl methyl sites for hydroxylation is 1. The van der Waals surface area contributed by atoms with Crippen LogP contribution in [0, 0.1) is 0 Å². The zero-order chi connectivity index (χ0) is 18.2. The minimum Gasteiger partial charge on any atom is -0.489 e. The molecule has 1 amide bonds. The fraction of sp³-hybridized carbons (Fsp3) is 0.200. The lowest BCUT2D eigenvalue weighted by Crippen LogP contribution is -2.25. The van der Waals surface area contributed by atoms with Crippen LogP contribution in [0.5, 0.6) is 5.75 Å². The van der Waals surface area contributed by atoms with E-state index in [4.69, 9.17) is 16.3 Å². The van der Waals surface area contributed by atoms with Crippen LogP contribution >= 0.6 is 11.6 Å². The number of nitrogens with one attached hydrogen (secondary N) is 1. The first-order valence-electron chi connectivity index (χ1n) is 8.44. The molecule has 0 unspecified atom stereocenters. The van der Waals surface area contributed by atoms with Crippen LogP contribution in [-0.4, -0.2) is 22.2 Å². The number of hydrogen-bond donors (Lipinski definition) is 1. The van der Waals surface area contributed by atoms with Crippen molar-refractivity contribution in [3.05, 3.63) is 83.1 Å². The highest BCUT2D eigenvalue weighted by molar-refractivity contribution is 6.30. The molecule has 2 aromatic carbocycles. The summed E-state index contributed by atoms with van der Waals surface area (Å²) in [6.45, 7) is 1.77. The number of halogens is 1. The number of hydrogen-bond acceptors (Lipinski definition) is 3. The third-order valence-corrected chi connectivity index (χ3v) is 4.07. The van der Waals surface area contributed by atoms with Gasteiger partial charge < -0.3 is 10.1 Å². The lowest BCUT2D eigenvalue weighted by molar-refractivity contribution is 0.0952. The first kappa shape index (κ1) is 18.0. The first-order chi connectivity index (χ1) is 12.7. The Hall–Kier alpha value is -2.79. The molecule has 0 aliphatic heterocycles. The van der Waals surface area contributed by atoms with E-state index in [9.17, 15) is 4.79 Å². The molecule has 3 rings (SSSR count). The lowest BCUT2D eigenvalue weighted by atomic mass is 10.1. The van der Waals surface area contributed by atoms with Gasteiger partial charge in [0.1, 0.15) is 12.4 Å². The van der Waals surface area contributed by atoms with E-state index in [1.807, 2.05) is 47.3 Å². The van der Waals surface area contributed by atoms with Crippen molar-refractivity contribution in [2.75, 3.05) is 6.54 Å². The van der Waals surface area contributed by atoms with E-state index in [0.717, 1.165) is 24.3 Å². The van der Waals surface area contributed by atoms with Gasteiger partial charge in [-0.25, -0.2) is 0 Å². The van der Waals surface area contributed by atoms with Crippen LogP contribution in [0.3, 0.4) is 0 Å². The normalized spacial score (nSPS) is 10.5. The third-order valence-electron chi connectivity index (χ3n) is 3.82. The molecule has 3 aromatic rings. The second-order valence-electron chi connectivity index (χ2n) is 5.82. The Morgan fingerprint density at radius 2 is 2.00 bits per heavy atom. The molecule has 1 N–H and O–H groups in total. The molecule has 0 aliphatic carbocycles. The number of amides is 1. The second-order valence-corrected chi connectivity index (χ2v) is 6.26. The largest absolute Gasteiger partial charge is 0.489 e. The first-order valence-corrected chi connectivity index (χ1v) is 8.81. The molecule has 134 valence electrons. The predicted molar refractivity (Wildman–Crippen MR) is 101 cm³/mol. The summed E-state index contributed by atoms with van der Waals surface area (Å²) in [6.07, 6.45) is 4.48. The zero-order valence-corrected chi connectivity index (χ0v) is 15.0. The molecule has 0 radical (unpaired) electrons. The number of nitrogens with zero attached hydrogens (tertiary/aromatic N) is 2. The summed E-state index contributed by atoms with van der Waals surface area (Å²) < 4.78 is 7.57. The monoisotopic (exact) mass is 369 g/mol. The van der Waals surface area contributed by atoms with E-state index < -0.39 is 0 Å². The number of benzene rings is 2. The summed E-state index contributed by atoms with van der Waals surface area (Å²) in [6, 6.07) is 16.5. The topological polar surface area (TPSA) is 56.2 Å². The maximum atomic E-state index is 12.3. The molecule has 0 saturated heterocycles. The van der Waals surface area contributed by atoms with Crippen LogP contribution in [0.15, 0.2) is 67.0 Å². The summed E-state index contributed by atoms with van der Waals surface area (Å²) in [7, 11) is 0. The van der Waals surface area contributed by atoms with Crippen molar-refractivity contribution in [1.82, 2.24) is 15.1 Å². The molecule has 0 atom stereocenters. The van der Waals surface area contributed by atoms with Gasteiger partial charge in [-0.15, -0.1) is 0 Å². The van der Waals surface area contributed by atoms with Gasteiger partial charge in [-0.2, -0.15) is 5.10 Å². The Kier molecular flexibility index (Phi) is 6.28. The third kappa shape index (κ3) is 5.36. The van der Waals surface area contributed by atoms with Crippen molar-refractivity contribution in [3.8, 4) is 5.75 Å². The Bertz CT molecular complexity index is 833. The molecule has 0 saturated carbocycles. The molecule has 0 fully saturated rings. The Morgan fingerprint density at radius 3 is 2.77 bits per heavy atom. The van der Waals surface area contributed by atoms with Crippen LogP contribution in [0.25, 0.3) is 0 Å². The molecule has 0 bridgehead atoms. The predicted octanol–water partition coefficient (Wildman–Crippen LogP) is 3.94. The maximum absolute atomic E-state index is 12.3. The van der Waals surface area contributed by atoms with Gasteiger partial charge in [0.05, 0.1) is 0 Å². The van der Waals surface area contributed by atoms with E-state index in [1.54, 1.807) is 24.4 Å². The summed E-state index contributed by atoms with van der Waals surface area (Å²) in [5.41, 5.74) is 1.56. The van der Waals surface area contributed by atoms with E-state index in [1.165, 1.54) is 0 Å². The quantitative estimate of drug-likeness (QED) is 0.612. The summed E-state index contributed by atoms with van der Waals surface area (Å²) in [4.78, 5) is 12.3. The minimum absolute atomic E-state index is 0.0844. The number of rotatable bonds is 8. The van der Waals surface area contributed by atoms with Gasteiger partial charge in [0.25, 0.3) is 5.91 Å². The highest BCUT2D eigenvalue weighted by Gasteiger charge is 2.06. The van der Waals surface area contributed by atoms with Crippen molar-refractivity contribution < 1.29 is 9.53 Å². The van der Waals surface area contributed by atoms with Gasteiger partial charge in [0, 0.05) is 36.1 Å². The number of ether oxygens (including phenoxy) is 1. The van der Waals surface area contributed by atoms with Gasteiger partial charge >= 0.3 is 0 Å². The number of carbonyl (C=O) groups is 1. The van der Waals surface area contributed by atoms with Gasteiger partial charge in [0.15, 0.2) is 0 Å². The smallest absolute Gasteiger partial charge is 0.251 e. The van der Waals surface area contributed by atoms with Crippen molar-refractivity contribution in [2.24, 2.45) is 0 Å². The van der Waals surface area contributed by atoms with Crippen LogP contribution in [0.2, 0.25) is 5.02 Å². The molecular weight excluding hydrogens is 350 g/mol. The second kappa shape index (κ2) is 9.06. The molecule has 1 aromatic heterocycles. The number of carbonyl (C=O) groups excluding carboxylic acids is 1. The van der Waals surface area contributed by atoms with Crippen molar-refractivity contribution in [3.63, 3.8) is 0 Å². The average molecular weight is 370 g/mol. The Labute approximate surface area is 157 Å². The standard InChI is InChI=1S/C20H20ClN3O2/c21-18-6-8-19(9-7-18)26-15-16-4-1-5-17(14-16)20(25)22-10-2-12-24-13-3-11-23-24/h1,3-9,11,13-14H,2,10,12,15H2,(H,22,25).